The standard InChI is InChI=1S/C24H25N7O3S/c1-15(17-9-8-16-6-4-5-7-18(16)12-17)27-28-23-29-30-24(31(23)25)35-14-22(32)26-20-13-19(33-2)10-11-21(20)34-3/h4-13H,14,25H2,1-3H3,(H,26,32)(H,28,29)/b27-15+. The third-order valence-electron chi connectivity index (χ3n) is 5.17. The Morgan fingerprint density at radius 2 is 1.86 bits per heavy atom. The molecule has 0 spiro atoms. The lowest BCUT2D eigenvalue weighted by Gasteiger charge is -2.11. The second-order valence-corrected chi connectivity index (χ2v) is 8.39. The Labute approximate surface area is 206 Å². The van der Waals surface area contributed by atoms with Crippen LogP contribution in [0.5, 0.6) is 11.5 Å². The lowest BCUT2D eigenvalue weighted by molar-refractivity contribution is -0.113. The van der Waals surface area contributed by atoms with E-state index in [1.807, 2.05) is 25.1 Å². The van der Waals surface area contributed by atoms with E-state index < -0.39 is 0 Å². The molecule has 4 N–H and O–H groups in total. The molecule has 0 bridgehead atoms. The van der Waals surface area contributed by atoms with Crippen LogP contribution in [0.15, 0.2) is 70.9 Å². The summed E-state index contributed by atoms with van der Waals surface area (Å²) in [6.07, 6.45) is 0. The highest BCUT2D eigenvalue weighted by Crippen LogP contribution is 2.29. The number of hydrazone groups is 1. The van der Waals surface area contributed by atoms with Crippen LogP contribution in [0.25, 0.3) is 10.8 Å². The number of hydrogen-bond donors (Lipinski definition) is 3. The van der Waals surface area contributed by atoms with Crippen LogP contribution in [-0.4, -0.2) is 46.5 Å². The summed E-state index contributed by atoms with van der Waals surface area (Å²) in [6.45, 7) is 1.89. The maximum Gasteiger partial charge on any atom is 0.264 e. The number of benzene rings is 3. The molecule has 0 radical (unpaired) electrons. The van der Waals surface area contributed by atoms with Crippen molar-refractivity contribution in [2.75, 3.05) is 36.6 Å². The van der Waals surface area contributed by atoms with Crippen molar-refractivity contribution in [2.45, 2.75) is 12.1 Å². The van der Waals surface area contributed by atoms with E-state index in [0.717, 1.165) is 33.8 Å². The summed E-state index contributed by atoms with van der Waals surface area (Å²) in [4.78, 5) is 12.5. The second-order valence-electron chi connectivity index (χ2n) is 7.45. The zero-order chi connectivity index (χ0) is 24.8. The fourth-order valence-corrected chi connectivity index (χ4v) is 3.95. The van der Waals surface area contributed by atoms with Gasteiger partial charge in [-0.25, -0.2) is 10.1 Å². The van der Waals surface area contributed by atoms with E-state index in [4.69, 9.17) is 15.3 Å². The number of rotatable bonds is 9. The molecule has 0 atom stereocenters. The summed E-state index contributed by atoms with van der Waals surface area (Å²) in [5.41, 5.74) is 5.08. The van der Waals surface area contributed by atoms with Crippen molar-refractivity contribution < 1.29 is 14.3 Å². The minimum atomic E-state index is -0.260. The van der Waals surface area contributed by atoms with Gasteiger partial charge in [-0.05, 0) is 41.5 Å². The van der Waals surface area contributed by atoms with Crippen molar-refractivity contribution in [3.63, 3.8) is 0 Å². The summed E-state index contributed by atoms with van der Waals surface area (Å²) in [6, 6.07) is 19.4. The summed E-state index contributed by atoms with van der Waals surface area (Å²) < 4.78 is 11.7. The van der Waals surface area contributed by atoms with Gasteiger partial charge in [0.05, 0.1) is 31.4 Å². The van der Waals surface area contributed by atoms with Crippen LogP contribution in [0.3, 0.4) is 0 Å². The third-order valence-corrected chi connectivity index (χ3v) is 6.11. The molecule has 11 heteroatoms. The van der Waals surface area contributed by atoms with Crippen molar-refractivity contribution in [3.8, 4) is 11.5 Å². The van der Waals surface area contributed by atoms with Gasteiger partial charge in [-0.1, -0.05) is 48.2 Å². The van der Waals surface area contributed by atoms with Gasteiger partial charge in [-0.2, -0.15) is 5.10 Å². The van der Waals surface area contributed by atoms with Crippen LogP contribution < -0.4 is 26.1 Å². The van der Waals surface area contributed by atoms with Crippen LogP contribution in [0.2, 0.25) is 0 Å². The number of amides is 1. The molecule has 0 aliphatic rings. The SMILES string of the molecule is COc1ccc(OC)c(NC(=O)CSc2nnc(N/N=C(\C)c3ccc4ccccc4c3)n2N)c1. The molecule has 1 aromatic heterocycles. The Balaban J connectivity index is 1.37. The van der Waals surface area contributed by atoms with E-state index in [1.165, 1.54) is 11.8 Å². The molecule has 3 aromatic carbocycles. The molecule has 0 aliphatic carbocycles. The summed E-state index contributed by atoms with van der Waals surface area (Å²) in [7, 11) is 3.08. The minimum Gasteiger partial charge on any atom is -0.497 e. The van der Waals surface area contributed by atoms with E-state index >= 15 is 0 Å². The van der Waals surface area contributed by atoms with E-state index in [2.05, 4.69) is 50.3 Å². The number of hydrogen-bond acceptors (Lipinski definition) is 9. The number of fused-ring (bicyclic) bond motifs is 1. The maximum atomic E-state index is 12.5. The zero-order valence-corrected chi connectivity index (χ0v) is 20.3. The first kappa shape index (κ1) is 23.9. The summed E-state index contributed by atoms with van der Waals surface area (Å²) in [5.74, 6) is 7.28. The normalized spacial score (nSPS) is 11.3. The minimum absolute atomic E-state index is 0.0646. The Morgan fingerprint density at radius 1 is 1.06 bits per heavy atom. The van der Waals surface area contributed by atoms with Crippen LogP contribution in [-0.2, 0) is 4.79 Å². The number of anilines is 2. The lowest BCUT2D eigenvalue weighted by Crippen LogP contribution is -2.17. The molecule has 180 valence electrons. The maximum absolute atomic E-state index is 12.5. The van der Waals surface area contributed by atoms with Crippen LogP contribution in [0, 0.1) is 0 Å². The topological polar surface area (TPSA) is 129 Å². The van der Waals surface area contributed by atoms with Gasteiger partial charge >= 0.3 is 0 Å². The number of carbonyl (C=O) groups is 1. The van der Waals surface area contributed by atoms with Gasteiger partial charge in [0.25, 0.3) is 5.95 Å². The highest BCUT2D eigenvalue weighted by atomic mass is 32.2. The molecule has 1 heterocycles. The number of thioether (sulfide) groups is 1. The first-order valence-corrected chi connectivity index (χ1v) is 11.6. The van der Waals surface area contributed by atoms with Gasteiger partial charge < -0.3 is 20.6 Å². The Bertz CT molecular complexity index is 1390. The van der Waals surface area contributed by atoms with Gasteiger partial charge in [-0.3, -0.25) is 4.79 Å². The molecule has 0 aliphatic heterocycles. The molecule has 0 fully saturated rings. The fraction of sp³-hybridized carbons (Fsp3) is 0.167. The fourth-order valence-electron chi connectivity index (χ4n) is 3.29. The van der Waals surface area contributed by atoms with Gasteiger partial charge in [0.1, 0.15) is 11.5 Å². The number of nitrogens with zero attached hydrogens (tertiary/aromatic N) is 4. The predicted octanol–water partition coefficient (Wildman–Crippen LogP) is 3.73. The first-order chi connectivity index (χ1) is 17.0. The summed E-state index contributed by atoms with van der Waals surface area (Å²) >= 11 is 1.14. The van der Waals surface area contributed by atoms with Crippen molar-refractivity contribution in [3.05, 3.63) is 66.2 Å². The van der Waals surface area contributed by atoms with Gasteiger partial charge in [0, 0.05) is 6.07 Å². The second kappa shape index (κ2) is 10.8. The van der Waals surface area contributed by atoms with Crippen LogP contribution >= 0.6 is 11.8 Å². The van der Waals surface area contributed by atoms with Crippen molar-refractivity contribution >= 4 is 45.8 Å². The number of methoxy groups -OCH3 is 2. The molecule has 10 nitrogen and oxygen atoms in total. The van der Waals surface area contributed by atoms with Crippen molar-refractivity contribution in [2.24, 2.45) is 5.10 Å². The summed E-state index contributed by atoms with van der Waals surface area (Å²) in [5, 5.41) is 17.9. The Morgan fingerprint density at radius 3 is 2.63 bits per heavy atom. The average Bonchev–Trinajstić information content (AvgIpc) is 3.24. The van der Waals surface area contributed by atoms with Crippen molar-refractivity contribution in [1.29, 1.82) is 0 Å². The van der Waals surface area contributed by atoms with Gasteiger partial charge in [0.2, 0.25) is 11.1 Å². The zero-order valence-electron chi connectivity index (χ0n) is 19.5. The molecule has 0 saturated carbocycles. The highest BCUT2D eigenvalue weighted by molar-refractivity contribution is 7.99. The smallest absolute Gasteiger partial charge is 0.264 e. The number of nitrogens with two attached hydrogens (primary N) is 1. The Hall–Kier alpha value is -4.25. The van der Waals surface area contributed by atoms with Gasteiger partial charge in [0.15, 0.2) is 0 Å². The molecule has 0 unspecified atom stereocenters. The van der Waals surface area contributed by atoms with Crippen molar-refractivity contribution in [1.82, 2.24) is 14.9 Å². The van der Waals surface area contributed by atoms with Crippen LogP contribution in [0.1, 0.15) is 12.5 Å². The third kappa shape index (κ3) is 5.64. The van der Waals surface area contributed by atoms with Crippen LogP contribution in [0.4, 0.5) is 11.6 Å². The molecular formula is C24H25N7O3S. The van der Waals surface area contributed by atoms with E-state index in [-0.39, 0.29) is 17.6 Å². The Kier molecular flexibility index (Phi) is 7.36. The van der Waals surface area contributed by atoms with Gasteiger partial charge in [-0.15, -0.1) is 10.2 Å². The molecular weight excluding hydrogens is 466 g/mol. The largest absolute Gasteiger partial charge is 0.497 e. The monoisotopic (exact) mass is 491 g/mol. The number of nitrogen functional groups attached to an aromatic ring is 1. The lowest BCUT2D eigenvalue weighted by atomic mass is 10.0. The number of ether oxygens (including phenoxy) is 2. The predicted molar refractivity (Wildman–Crippen MR) is 139 cm³/mol. The van der Waals surface area contributed by atoms with E-state index in [1.54, 1.807) is 25.3 Å². The number of nitrogens with one attached hydrogen (secondary N) is 2. The number of aromatic nitrogens is 3. The quantitative estimate of drug-likeness (QED) is 0.140. The van der Waals surface area contributed by atoms with E-state index in [9.17, 15) is 4.79 Å². The highest BCUT2D eigenvalue weighted by Gasteiger charge is 2.14. The molecule has 0 saturated heterocycles. The average molecular weight is 492 g/mol. The van der Waals surface area contributed by atoms with E-state index in [0.29, 0.717) is 22.3 Å². The molecule has 1 amide bonds. The molecule has 4 aromatic rings. The molecule has 35 heavy (non-hydrogen) atoms. The first-order valence-electron chi connectivity index (χ1n) is 10.6. The molecule has 4 rings (SSSR count). The number of carbonyl (C=O) groups excluding carboxylic acids is 1.